The van der Waals surface area contributed by atoms with Crippen LogP contribution in [0.1, 0.15) is 13.8 Å². The third kappa shape index (κ3) is 2420. The van der Waals surface area contributed by atoms with Crippen LogP contribution in [-0.2, 0) is 32.0 Å². The summed E-state index contributed by atoms with van der Waals surface area (Å²) in [5, 5.41) is 14.8. The smallest absolute Gasteiger partial charge is 0.300 e. The Labute approximate surface area is 68.4 Å². The Kier molecular flexibility index (Phi) is 18.7. The molecule has 53 valence electrons. The molecule has 5 heteroatoms. The topological polar surface area (TPSA) is 74.6 Å². The number of carboxylic acids is 2. The summed E-state index contributed by atoms with van der Waals surface area (Å²) in [4.78, 5) is 18.0. The zero-order valence-corrected chi connectivity index (χ0v) is 7.36. The largest absolute Gasteiger partial charge is 0.481 e. The number of rotatable bonds is 0. The molecular formula is C4H8NbO4. The maximum absolute atomic E-state index is 9.00. The second kappa shape index (κ2) is 10.6. The summed E-state index contributed by atoms with van der Waals surface area (Å²) < 4.78 is 0. The van der Waals surface area contributed by atoms with Gasteiger partial charge in [0.2, 0.25) is 0 Å². The van der Waals surface area contributed by atoms with Crippen molar-refractivity contribution < 1.29 is 42.2 Å². The van der Waals surface area contributed by atoms with Crippen LogP contribution >= 0.6 is 0 Å². The van der Waals surface area contributed by atoms with Crippen LogP contribution < -0.4 is 0 Å². The third-order valence-corrected chi connectivity index (χ3v) is 0. The fraction of sp³-hybridized carbons (Fsp3) is 0.500. The van der Waals surface area contributed by atoms with Crippen molar-refractivity contribution >= 4 is 11.9 Å². The van der Waals surface area contributed by atoms with E-state index in [1.165, 1.54) is 0 Å². The first kappa shape index (κ1) is 15.9. The van der Waals surface area contributed by atoms with Gasteiger partial charge in [-0.05, 0) is 0 Å². The molecule has 1 radical (unpaired) electrons. The molecule has 0 rings (SSSR count). The molecule has 0 aliphatic carbocycles. The molecule has 0 bridgehead atoms. The summed E-state index contributed by atoms with van der Waals surface area (Å²) in [6.07, 6.45) is 0. The van der Waals surface area contributed by atoms with Crippen molar-refractivity contribution in [3.8, 4) is 0 Å². The van der Waals surface area contributed by atoms with E-state index in [4.69, 9.17) is 19.8 Å². The summed E-state index contributed by atoms with van der Waals surface area (Å²) in [6, 6.07) is 0. The Morgan fingerprint density at radius 3 is 1.00 bits per heavy atom. The maximum Gasteiger partial charge on any atom is 0.300 e. The van der Waals surface area contributed by atoms with E-state index < -0.39 is 11.9 Å². The molecule has 9 heavy (non-hydrogen) atoms. The molecule has 2 N–H and O–H groups in total. The molecule has 0 aliphatic heterocycles. The number of aliphatic carboxylic acids is 2. The quantitative estimate of drug-likeness (QED) is 0.563. The van der Waals surface area contributed by atoms with Gasteiger partial charge in [0.1, 0.15) is 0 Å². The van der Waals surface area contributed by atoms with Gasteiger partial charge in [-0.15, -0.1) is 0 Å². The summed E-state index contributed by atoms with van der Waals surface area (Å²) in [5.74, 6) is -1.67. The molecule has 0 saturated carbocycles. The van der Waals surface area contributed by atoms with E-state index in [-0.39, 0.29) is 22.4 Å². The molecule has 0 heterocycles. The molecule has 0 aliphatic rings. The molecule has 0 amide bonds. The fourth-order valence-corrected chi connectivity index (χ4v) is 0. The minimum Gasteiger partial charge on any atom is -0.481 e. The normalized spacial score (nSPS) is 5.56. The zero-order valence-electron chi connectivity index (χ0n) is 5.16. The summed E-state index contributed by atoms with van der Waals surface area (Å²) in [6.45, 7) is 2.17. The number of carboxylic acid groups (broad SMARTS) is 2. The van der Waals surface area contributed by atoms with Gasteiger partial charge < -0.3 is 10.2 Å². The average Bonchev–Trinajstić information content (AvgIpc) is 1.25. The average molecular weight is 213 g/mol. The first-order chi connectivity index (χ1) is 3.46. The van der Waals surface area contributed by atoms with Gasteiger partial charge in [0, 0.05) is 36.2 Å². The molecule has 4 nitrogen and oxygen atoms in total. The summed E-state index contributed by atoms with van der Waals surface area (Å²) in [7, 11) is 0. The Balaban J connectivity index is -0.0000000720. The molecule has 0 saturated heterocycles. The van der Waals surface area contributed by atoms with Crippen molar-refractivity contribution in [1.29, 1.82) is 0 Å². The molecule has 0 spiro atoms. The predicted octanol–water partition coefficient (Wildman–Crippen LogP) is 0.179. The van der Waals surface area contributed by atoms with Gasteiger partial charge in [-0.25, -0.2) is 0 Å². The number of hydrogen-bond donors (Lipinski definition) is 2. The zero-order chi connectivity index (χ0) is 7.15. The SMILES string of the molecule is CC(=O)O.CC(=O)O.[Nb]. The standard InChI is InChI=1S/2C2H4O2.Nb/c2*1-2(3)4;/h2*1H3,(H,3,4);. The van der Waals surface area contributed by atoms with E-state index in [0.717, 1.165) is 13.8 Å². The van der Waals surface area contributed by atoms with Crippen LogP contribution in [0.3, 0.4) is 0 Å². The van der Waals surface area contributed by atoms with E-state index in [1.54, 1.807) is 0 Å². The predicted molar refractivity (Wildman–Crippen MR) is 26.6 cm³/mol. The summed E-state index contributed by atoms with van der Waals surface area (Å²) in [5.41, 5.74) is 0. The first-order valence-electron chi connectivity index (χ1n) is 1.86. The van der Waals surface area contributed by atoms with E-state index in [9.17, 15) is 0 Å². The first-order valence-corrected chi connectivity index (χ1v) is 1.86. The van der Waals surface area contributed by atoms with Crippen LogP contribution in [0.5, 0.6) is 0 Å². The Hall–Kier alpha value is -0.320. The van der Waals surface area contributed by atoms with Crippen molar-refractivity contribution in [1.82, 2.24) is 0 Å². The van der Waals surface area contributed by atoms with Crippen molar-refractivity contribution in [2.24, 2.45) is 0 Å². The van der Waals surface area contributed by atoms with E-state index in [2.05, 4.69) is 0 Å². The van der Waals surface area contributed by atoms with Crippen molar-refractivity contribution in [3.05, 3.63) is 0 Å². The molecule has 0 aromatic rings. The molecular weight excluding hydrogens is 205 g/mol. The van der Waals surface area contributed by atoms with Crippen molar-refractivity contribution in [2.45, 2.75) is 13.8 Å². The molecule has 0 fully saturated rings. The van der Waals surface area contributed by atoms with E-state index in [1.807, 2.05) is 0 Å². The van der Waals surface area contributed by atoms with Crippen LogP contribution in [-0.4, -0.2) is 22.2 Å². The van der Waals surface area contributed by atoms with Gasteiger partial charge in [-0.2, -0.15) is 0 Å². The van der Waals surface area contributed by atoms with E-state index in [0.29, 0.717) is 0 Å². The van der Waals surface area contributed by atoms with Crippen LogP contribution in [0, 0.1) is 0 Å². The third-order valence-electron chi connectivity index (χ3n) is 0. The summed E-state index contributed by atoms with van der Waals surface area (Å²) >= 11 is 0. The second-order valence-corrected chi connectivity index (χ2v) is 1.04. The monoisotopic (exact) mass is 213 g/mol. The van der Waals surface area contributed by atoms with Crippen LogP contribution in [0.25, 0.3) is 0 Å². The molecule has 0 unspecified atom stereocenters. The van der Waals surface area contributed by atoms with Gasteiger partial charge in [0.05, 0.1) is 0 Å². The Morgan fingerprint density at radius 1 is 1.00 bits per heavy atom. The van der Waals surface area contributed by atoms with Gasteiger partial charge in [-0.3, -0.25) is 9.59 Å². The number of carbonyl (C=O) groups is 2. The Morgan fingerprint density at radius 2 is 1.00 bits per heavy atom. The van der Waals surface area contributed by atoms with Crippen molar-refractivity contribution in [3.63, 3.8) is 0 Å². The number of hydrogen-bond acceptors (Lipinski definition) is 2. The molecule has 0 aromatic heterocycles. The Bertz CT molecular complexity index is 70.6. The minimum atomic E-state index is -0.833. The van der Waals surface area contributed by atoms with Crippen LogP contribution in [0.15, 0.2) is 0 Å². The van der Waals surface area contributed by atoms with Crippen LogP contribution in [0.4, 0.5) is 0 Å². The molecule has 0 aromatic carbocycles. The maximum atomic E-state index is 9.00. The second-order valence-electron chi connectivity index (χ2n) is 1.04. The van der Waals surface area contributed by atoms with Crippen molar-refractivity contribution in [2.75, 3.05) is 0 Å². The minimum absolute atomic E-state index is 0. The molecule has 0 atom stereocenters. The van der Waals surface area contributed by atoms with E-state index >= 15 is 0 Å². The van der Waals surface area contributed by atoms with Crippen LogP contribution in [0.2, 0.25) is 0 Å². The van der Waals surface area contributed by atoms with Gasteiger partial charge >= 0.3 is 0 Å². The fourth-order valence-electron chi connectivity index (χ4n) is 0. The van der Waals surface area contributed by atoms with Gasteiger partial charge in [0.25, 0.3) is 11.9 Å². The van der Waals surface area contributed by atoms with Gasteiger partial charge in [-0.1, -0.05) is 0 Å². The van der Waals surface area contributed by atoms with Gasteiger partial charge in [0.15, 0.2) is 0 Å².